The highest BCUT2D eigenvalue weighted by atomic mass is 16.5. The highest BCUT2D eigenvalue weighted by molar-refractivity contribution is 5.81. The van der Waals surface area contributed by atoms with Crippen molar-refractivity contribution >= 4 is 5.91 Å². The van der Waals surface area contributed by atoms with Gasteiger partial charge in [-0.15, -0.1) is 0 Å². The fourth-order valence-electron chi connectivity index (χ4n) is 3.24. The van der Waals surface area contributed by atoms with Gasteiger partial charge in [0, 0.05) is 13.7 Å². The van der Waals surface area contributed by atoms with Crippen molar-refractivity contribution < 1.29 is 9.53 Å². The lowest BCUT2D eigenvalue weighted by molar-refractivity contribution is -0.123. The second-order valence-electron chi connectivity index (χ2n) is 5.24. The SMILES string of the molecule is COCC(N)C(=O)NCC1CC2CCC1C2. The summed E-state index contributed by atoms with van der Waals surface area (Å²) in [6.07, 6.45) is 5.43. The number of amides is 1. The second kappa shape index (κ2) is 5.15. The number of carbonyl (C=O) groups is 1. The largest absolute Gasteiger partial charge is 0.383 e. The Kier molecular flexibility index (Phi) is 3.82. The van der Waals surface area contributed by atoms with E-state index in [9.17, 15) is 4.79 Å². The van der Waals surface area contributed by atoms with Crippen molar-refractivity contribution in [3.63, 3.8) is 0 Å². The molecular formula is C12H22N2O2. The minimum Gasteiger partial charge on any atom is -0.383 e. The second-order valence-corrected chi connectivity index (χ2v) is 5.24. The molecule has 4 atom stereocenters. The van der Waals surface area contributed by atoms with E-state index in [-0.39, 0.29) is 5.91 Å². The molecule has 0 aliphatic heterocycles. The van der Waals surface area contributed by atoms with Gasteiger partial charge in [0.2, 0.25) is 5.91 Å². The number of rotatable bonds is 5. The summed E-state index contributed by atoms with van der Waals surface area (Å²) in [4.78, 5) is 11.6. The summed E-state index contributed by atoms with van der Waals surface area (Å²) in [6.45, 7) is 1.10. The Labute approximate surface area is 96.9 Å². The summed E-state index contributed by atoms with van der Waals surface area (Å²) in [6, 6.07) is -0.524. The van der Waals surface area contributed by atoms with Crippen molar-refractivity contribution in [2.45, 2.75) is 31.7 Å². The highest BCUT2D eigenvalue weighted by Gasteiger charge is 2.39. The van der Waals surface area contributed by atoms with E-state index in [0.29, 0.717) is 12.5 Å². The Morgan fingerprint density at radius 3 is 2.88 bits per heavy atom. The molecule has 1 amide bonds. The quantitative estimate of drug-likeness (QED) is 0.718. The van der Waals surface area contributed by atoms with Gasteiger partial charge in [0.25, 0.3) is 0 Å². The van der Waals surface area contributed by atoms with Crippen LogP contribution in [0.5, 0.6) is 0 Å². The number of methoxy groups -OCH3 is 1. The van der Waals surface area contributed by atoms with Crippen LogP contribution in [0.3, 0.4) is 0 Å². The molecule has 0 aromatic carbocycles. The lowest BCUT2D eigenvalue weighted by Crippen LogP contribution is -2.45. The van der Waals surface area contributed by atoms with E-state index in [2.05, 4.69) is 5.32 Å². The molecule has 92 valence electrons. The zero-order valence-corrected chi connectivity index (χ0v) is 9.95. The molecule has 4 unspecified atom stereocenters. The minimum absolute atomic E-state index is 0.0791. The Morgan fingerprint density at radius 1 is 1.50 bits per heavy atom. The molecule has 4 heteroatoms. The Hall–Kier alpha value is -0.610. The van der Waals surface area contributed by atoms with Gasteiger partial charge in [0.1, 0.15) is 6.04 Å². The van der Waals surface area contributed by atoms with Crippen LogP contribution in [-0.4, -0.2) is 32.2 Å². The molecule has 2 aliphatic carbocycles. The van der Waals surface area contributed by atoms with E-state index in [1.54, 1.807) is 7.11 Å². The Balaban J connectivity index is 1.69. The molecule has 0 aromatic rings. The number of fused-ring (bicyclic) bond motifs is 2. The van der Waals surface area contributed by atoms with Gasteiger partial charge in [0.15, 0.2) is 0 Å². The smallest absolute Gasteiger partial charge is 0.239 e. The predicted molar refractivity (Wildman–Crippen MR) is 61.8 cm³/mol. The molecule has 2 saturated carbocycles. The third-order valence-electron chi connectivity index (χ3n) is 4.11. The normalized spacial score (nSPS) is 34.0. The molecule has 16 heavy (non-hydrogen) atoms. The first kappa shape index (κ1) is 11.9. The summed E-state index contributed by atoms with van der Waals surface area (Å²) in [5, 5.41) is 2.95. The number of carbonyl (C=O) groups excluding carboxylic acids is 1. The van der Waals surface area contributed by atoms with Crippen LogP contribution < -0.4 is 11.1 Å². The van der Waals surface area contributed by atoms with E-state index in [4.69, 9.17) is 10.5 Å². The Bertz CT molecular complexity index is 257. The third kappa shape index (κ3) is 2.55. The van der Waals surface area contributed by atoms with Crippen LogP contribution in [0.2, 0.25) is 0 Å². The van der Waals surface area contributed by atoms with Gasteiger partial charge in [-0.1, -0.05) is 6.42 Å². The van der Waals surface area contributed by atoms with Crippen LogP contribution >= 0.6 is 0 Å². The van der Waals surface area contributed by atoms with Crippen molar-refractivity contribution in [2.75, 3.05) is 20.3 Å². The van der Waals surface area contributed by atoms with Gasteiger partial charge in [0.05, 0.1) is 6.61 Å². The molecule has 4 nitrogen and oxygen atoms in total. The lowest BCUT2D eigenvalue weighted by Gasteiger charge is -2.22. The maximum Gasteiger partial charge on any atom is 0.239 e. The maximum atomic E-state index is 11.6. The zero-order chi connectivity index (χ0) is 11.5. The summed E-state index contributed by atoms with van der Waals surface area (Å²) >= 11 is 0. The van der Waals surface area contributed by atoms with Crippen molar-refractivity contribution in [3.05, 3.63) is 0 Å². The van der Waals surface area contributed by atoms with Gasteiger partial charge in [-0.3, -0.25) is 4.79 Å². The van der Waals surface area contributed by atoms with Crippen LogP contribution in [0.1, 0.15) is 25.7 Å². The molecule has 0 heterocycles. The zero-order valence-electron chi connectivity index (χ0n) is 9.95. The molecule has 0 spiro atoms. The molecule has 0 saturated heterocycles. The van der Waals surface area contributed by atoms with Gasteiger partial charge in [-0.05, 0) is 37.0 Å². The predicted octanol–water partition coefficient (Wildman–Crippen LogP) is 0.513. The average Bonchev–Trinajstić information content (AvgIpc) is 2.87. The summed E-state index contributed by atoms with van der Waals surface area (Å²) in [5.74, 6) is 2.39. The number of hydrogen-bond donors (Lipinski definition) is 2. The molecular weight excluding hydrogens is 204 g/mol. The molecule has 2 rings (SSSR count). The van der Waals surface area contributed by atoms with Crippen molar-refractivity contribution in [3.8, 4) is 0 Å². The summed E-state index contributed by atoms with van der Waals surface area (Å²) in [7, 11) is 1.56. The van der Waals surface area contributed by atoms with Crippen LogP contribution in [0.15, 0.2) is 0 Å². The standard InChI is InChI=1S/C12H22N2O2/c1-16-7-11(13)12(15)14-6-10-5-8-2-3-9(10)4-8/h8-11H,2-7,13H2,1H3,(H,14,15). The molecule has 2 fully saturated rings. The molecule has 3 N–H and O–H groups in total. The monoisotopic (exact) mass is 226 g/mol. The van der Waals surface area contributed by atoms with E-state index in [1.807, 2.05) is 0 Å². The first-order valence-corrected chi connectivity index (χ1v) is 6.23. The van der Waals surface area contributed by atoms with Gasteiger partial charge >= 0.3 is 0 Å². The van der Waals surface area contributed by atoms with Gasteiger partial charge in [-0.25, -0.2) is 0 Å². The van der Waals surface area contributed by atoms with E-state index in [1.165, 1.54) is 25.7 Å². The maximum absolute atomic E-state index is 11.6. The molecule has 2 aliphatic rings. The van der Waals surface area contributed by atoms with Crippen LogP contribution in [0.25, 0.3) is 0 Å². The number of ether oxygens (including phenoxy) is 1. The number of hydrogen-bond acceptors (Lipinski definition) is 3. The molecule has 0 radical (unpaired) electrons. The van der Waals surface area contributed by atoms with Crippen molar-refractivity contribution in [1.29, 1.82) is 0 Å². The van der Waals surface area contributed by atoms with Crippen LogP contribution in [0.4, 0.5) is 0 Å². The number of nitrogens with one attached hydrogen (secondary N) is 1. The van der Waals surface area contributed by atoms with Gasteiger partial charge in [-0.2, -0.15) is 0 Å². The molecule has 2 bridgehead atoms. The lowest BCUT2D eigenvalue weighted by atomic mass is 9.89. The fraction of sp³-hybridized carbons (Fsp3) is 0.917. The molecule has 0 aromatic heterocycles. The van der Waals surface area contributed by atoms with E-state index < -0.39 is 6.04 Å². The van der Waals surface area contributed by atoms with Crippen LogP contribution in [0, 0.1) is 17.8 Å². The van der Waals surface area contributed by atoms with Crippen molar-refractivity contribution in [1.82, 2.24) is 5.32 Å². The first-order valence-electron chi connectivity index (χ1n) is 6.23. The Morgan fingerprint density at radius 2 is 2.31 bits per heavy atom. The van der Waals surface area contributed by atoms with Crippen molar-refractivity contribution in [2.24, 2.45) is 23.5 Å². The average molecular weight is 226 g/mol. The van der Waals surface area contributed by atoms with Crippen LogP contribution in [-0.2, 0) is 9.53 Å². The third-order valence-corrected chi connectivity index (χ3v) is 4.11. The topological polar surface area (TPSA) is 64.3 Å². The van der Waals surface area contributed by atoms with E-state index in [0.717, 1.165) is 18.4 Å². The highest BCUT2D eigenvalue weighted by Crippen LogP contribution is 2.47. The minimum atomic E-state index is -0.524. The summed E-state index contributed by atoms with van der Waals surface area (Å²) < 4.78 is 4.86. The fourth-order valence-corrected chi connectivity index (χ4v) is 3.24. The number of nitrogens with two attached hydrogens (primary N) is 1. The van der Waals surface area contributed by atoms with E-state index >= 15 is 0 Å². The first-order chi connectivity index (χ1) is 7.70. The van der Waals surface area contributed by atoms with Gasteiger partial charge < -0.3 is 15.8 Å². The summed E-state index contributed by atoms with van der Waals surface area (Å²) in [5.41, 5.74) is 5.65.